The lowest BCUT2D eigenvalue weighted by Gasteiger charge is -2.27. The summed E-state index contributed by atoms with van der Waals surface area (Å²) in [6, 6.07) is 4.26. The van der Waals surface area contributed by atoms with Crippen molar-refractivity contribution in [1.82, 2.24) is 10.3 Å². The fourth-order valence-corrected chi connectivity index (χ4v) is 1.95. The molecule has 16 heavy (non-hydrogen) atoms. The Hall–Kier alpha value is -1.35. The van der Waals surface area contributed by atoms with Crippen LogP contribution in [0.5, 0.6) is 0 Å². The van der Waals surface area contributed by atoms with E-state index in [4.69, 9.17) is 0 Å². The van der Waals surface area contributed by atoms with Gasteiger partial charge in [-0.25, -0.2) is 0 Å². The summed E-state index contributed by atoms with van der Waals surface area (Å²) in [6.45, 7) is 5.17. The van der Waals surface area contributed by atoms with Gasteiger partial charge in [-0.3, -0.25) is 4.98 Å². The maximum absolute atomic E-state index is 4.33. The maximum atomic E-state index is 4.33. The van der Waals surface area contributed by atoms with E-state index in [1.807, 2.05) is 13.2 Å². The van der Waals surface area contributed by atoms with Crippen LogP contribution in [0.15, 0.2) is 30.0 Å². The largest absolute Gasteiger partial charge is 0.367 e. The summed E-state index contributed by atoms with van der Waals surface area (Å²) in [5.74, 6) is 0. The highest BCUT2D eigenvalue weighted by molar-refractivity contribution is 5.48. The SMILES string of the molecule is CNCc1cc(N2CC=C(C)CC2)ccn1. The van der Waals surface area contributed by atoms with E-state index in [1.54, 1.807) is 0 Å². The summed E-state index contributed by atoms with van der Waals surface area (Å²) in [5.41, 5.74) is 3.89. The number of nitrogens with zero attached hydrogens (tertiary/aromatic N) is 2. The molecule has 0 aromatic carbocycles. The van der Waals surface area contributed by atoms with Crippen molar-refractivity contribution >= 4 is 5.69 Å². The molecule has 0 saturated heterocycles. The Morgan fingerprint density at radius 1 is 1.50 bits per heavy atom. The van der Waals surface area contributed by atoms with Crippen LogP contribution in [-0.4, -0.2) is 25.1 Å². The Morgan fingerprint density at radius 2 is 2.38 bits per heavy atom. The Balaban J connectivity index is 2.11. The van der Waals surface area contributed by atoms with Crippen molar-refractivity contribution in [1.29, 1.82) is 0 Å². The molecule has 2 rings (SSSR count). The summed E-state index contributed by atoms with van der Waals surface area (Å²) in [4.78, 5) is 6.73. The van der Waals surface area contributed by atoms with Crippen LogP contribution in [0.25, 0.3) is 0 Å². The van der Waals surface area contributed by atoms with Crippen LogP contribution in [-0.2, 0) is 6.54 Å². The molecule has 1 aromatic heterocycles. The first kappa shape index (κ1) is 11.1. The second-order valence-corrected chi connectivity index (χ2v) is 4.28. The van der Waals surface area contributed by atoms with Crippen LogP contribution in [0.3, 0.4) is 0 Å². The minimum absolute atomic E-state index is 0.830. The first-order valence-corrected chi connectivity index (χ1v) is 5.79. The third-order valence-electron chi connectivity index (χ3n) is 2.96. The zero-order chi connectivity index (χ0) is 11.4. The minimum atomic E-state index is 0.830. The van der Waals surface area contributed by atoms with Crippen LogP contribution in [0.2, 0.25) is 0 Å². The molecule has 3 nitrogen and oxygen atoms in total. The highest BCUT2D eigenvalue weighted by Gasteiger charge is 2.10. The van der Waals surface area contributed by atoms with Crippen LogP contribution in [0.1, 0.15) is 19.0 Å². The first-order valence-electron chi connectivity index (χ1n) is 5.79. The van der Waals surface area contributed by atoms with E-state index < -0.39 is 0 Å². The molecule has 0 aliphatic carbocycles. The number of hydrogen-bond donors (Lipinski definition) is 1. The van der Waals surface area contributed by atoms with E-state index in [2.05, 4.69) is 40.3 Å². The van der Waals surface area contributed by atoms with E-state index >= 15 is 0 Å². The van der Waals surface area contributed by atoms with Gasteiger partial charge in [-0.2, -0.15) is 0 Å². The molecule has 0 atom stereocenters. The minimum Gasteiger partial charge on any atom is -0.367 e. The van der Waals surface area contributed by atoms with Gasteiger partial charge in [-0.15, -0.1) is 0 Å². The van der Waals surface area contributed by atoms with Crippen molar-refractivity contribution in [2.24, 2.45) is 0 Å². The summed E-state index contributed by atoms with van der Waals surface area (Å²) >= 11 is 0. The topological polar surface area (TPSA) is 28.2 Å². The fraction of sp³-hybridized carbons (Fsp3) is 0.462. The van der Waals surface area contributed by atoms with E-state index in [0.29, 0.717) is 0 Å². The number of nitrogens with one attached hydrogen (secondary N) is 1. The Morgan fingerprint density at radius 3 is 3.06 bits per heavy atom. The smallest absolute Gasteiger partial charge is 0.0562 e. The lowest BCUT2D eigenvalue weighted by molar-refractivity contribution is 0.771. The molecular formula is C13H19N3. The van der Waals surface area contributed by atoms with Gasteiger partial charge in [-0.1, -0.05) is 11.6 Å². The lowest BCUT2D eigenvalue weighted by atomic mass is 10.1. The van der Waals surface area contributed by atoms with Gasteiger partial charge in [-0.05, 0) is 32.5 Å². The van der Waals surface area contributed by atoms with Crippen LogP contribution < -0.4 is 10.2 Å². The average Bonchev–Trinajstić information content (AvgIpc) is 2.31. The summed E-state index contributed by atoms with van der Waals surface area (Å²) in [7, 11) is 1.95. The molecular weight excluding hydrogens is 198 g/mol. The zero-order valence-electron chi connectivity index (χ0n) is 10.0. The lowest BCUT2D eigenvalue weighted by Crippen LogP contribution is -2.28. The number of aromatic nitrogens is 1. The van der Waals surface area contributed by atoms with Crippen LogP contribution in [0.4, 0.5) is 5.69 Å². The highest BCUT2D eigenvalue weighted by Crippen LogP contribution is 2.19. The monoisotopic (exact) mass is 217 g/mol. The molecule has 1 aliphatic rings. The van der Waals surface area contributed by atoms with Gasteiger partial charge in [0.15, 0.2) is 0 Å². The third-order valence-corrected chi connectivity index (χ3v) is 2.96. The normalized spacial score (nSPS) is 16.1. The first-order chi connectivity index (χ1) is 7.79. The van der Waals surface area contributed by atoms with E-state index in [1.165, 1.54) is 17.7 Å². The van der Waals surface area contributed by atoms with Gasteiger partial charge in [0.25, 0.3) is 0 Å². The number of pyridine rings is 1. The van der Waals surface area contributed by atoms with E-state index in [0.717, 1.165) is 25.3 Å². The molecule has 2 heterocycles. The van der Waals surface area contributed by atoms with Gasteiger partial charge in [0, 0.05) is 31.5 Å². The number of rotatable bonds is 3. The van der Waals surface area contributed by atoms with Crippen molar-refractivity contribution in [2.45, 2.75) is 19.9 Å². The van der Waals surface area contributed by atoms with Crippen molar-refractivity contribution in [3.8, 4) is 0 Å². The number of anilines is 1. The Labute approximate surface area is 97.2 Å². The molecule has 0 saturated carbocycles. The molecule has 0 radical (unpaired) electrons. The molecule has 3 heteroatoms. The quantitative estimate of drug-likeness (QED) is 0.784. The van der Waals surface area contributed by atoms with Gasteiger partial charge < -0.3 is 10.2 Å². The van der Waals surface area contributed by atoms with Crippen LogP contribution in [0, 0.1) is 0 Å². The zero-order valence-corrected chi connectivity index (χ0v) is 10.0. The molecule has 0 amide bonds. The fourth-order valence-electron chi connectivity index (χ4n) is 1.95. The van der Waals surface area contributed by atoms with Crippen molar-refractivity contribution < 1.29 is 0 Å². The van der Waals surface area contributed by atoms with E-state index in [9.17, 15) is 0 Å². The van der Waals surface area contributed by atoms with Crippen molar-refractivity contribution in [2.75, 3.05) is 25.0 Å². The molecule has 86 valence electrons. The van der Waals surface area contributed by atoms with Gasteiger partial charge in [0.1, 0.15) is 0 Å². The molecule has 0 unspecified atom stereocenters. The van der Waals surface area contributed by atoms with Crippen molar-refractivity contribution in [3.05, 3.63) is 35.7 Å². The molecule has 0 fully saturated rings. The summed E-state index contributed by atoms with van der Waals surface area (Å²) in [6.07, 6.45) is 5.37. The Bertz CT molecular complexity index is 385. The third kappa shape index (κ3) is 2.61. The second kappa shape index (κ2) is 5.12. The standard InChI is InChI=1S/C13H19N3/c1-11-4-7-16(8-5-11)13-3-6-15-12(9-13)10-14-2/h3-4,6,9,14H,5,7-8,10H2,1-2H3. The molecule has 1 N–H and O–H groups in total. The molecule has 1 aliphatic heterocycles. The summed E-state index contributed by atoms with van der Waals surface area (Å²) < 4.78 is 0. The average molecular weight is 217 g/mol. The predicted octanol–water partition coefficient (Wildman–Crippen LogP) is 1.96. The second-order valence-electron chi connectivity index (χ2n) is 4.28. The van der Waals surface area contributed by atoms with Gasteiger partial charge in [0.2, 0.25) is 0 Å². The molecule has 0 spiro atoms. The van der Waals surface area contributed by atoms with E-state index in [-0.39, 0.29) is 0 Å². The van der Waals surface area contributed by atoms with Crippen LogP contribution >= 0.6 is 0 Å². The Kier molecular flexibility index (Phi) is 3.57. The number of hydrogen-bond acceptors (Lipinski definition) is 3. The molecule has 0 bridgehead atoms. The van der Waals surface area contributed by atoms with Gasteiger partial charge >= 0.3 is 0 Å². The van der Waals surface area contributed by atoms with Crippen molar-refractivity contribution in [3.63, 3.8) is 0 Å². The summed E-state index contributed by atoms with van der Waals surface area (Å²) in [5, 5.41) is 3.13. The molecule has 1 aromatic rings. The predicted molar refractivity (Wildman–Crippen MR) is 67.6 cm³/mol. The maximum Gasteiger partial charge on any atom is 0.0562 e. The highest BCUT2D eigenvalue weighted by atomic mass is 15.1. The van der Waals surface area contributed by atoms with Gasteiger partial charge in [0.05, 0.1) is 5.69 Å².